The maximum absolute atomic E-state index is 13.2. The molecular weight excluding hydrogens is 352 g/mol. The van der Waals surface area contributed by atoms with Crippen LogP contribution in [-0.2, 0) is 0 Å². The van der Waals surface area contributed by atoms with Crippen LogP contribution in [0.3, 0.4) is 0 Å². The summed E-state index contributed by atoms with van der Waals surface area (Å²) in [5.74, 6) is 0.425. The molecule has 26 heavy (non-hydrogen) atoms. The number of hydrogen-bond donors (Lipinski definition) is 1. The topological polar surface area (TPSA) is 64.0 Å². The highest BCUT2D eigenvalue weighted by atomic mass is 35.5. The van der Waals surface area contributed by atoms with E-state index in [1.54, 1.807) is 18.3 Å². The second-order valence-corrected chi connectivity index (χ2v) is 7.37. The molecule has 1 aromatic carbocycles. The van der Waals surface area contributed by atoms with Gasteiger partial charge in [0, 0.05) is 5.02 Å². The smallest absolute Gasteiger partial charge is 0.316 e. The highest BCUT2D eigenvalue weighted by Gasteiger charge is 2.25. The van der Waals surface area contributed by atoms with E-state index >= 15 is 0 Å². The van der Waals surface area contributed by atoms with E-state index in [2.05, 4.69) is 15.3 Å². The van der Waals surface area contributed by atoms with Gasteiger partial charge in [0.25, 0.3) is 0 Å². The Kier molecular flexibility index (Phi) is 5.13. The van der Waals surface area contributed by atoms with E-state index in [4.69, 9.17) is 16.3 Å². The summed E-state index contributed by atoms with van der Waals surface area (Å²) in [4.78, 5) is 15.4. The molecule has 1 saturated carbocycles. The molecule has 1 aromatic heterocycles. The first-order valence-electron chi connectivity index (χ1n) is 9.34. The standard InChI is InChI=1S/C19H23ClN4O2/c20-14-4-3-5-15(12-14)24-19(25)18(26-16-6-1-2-7-16)17(13-22-24)23-10-8-21-9-11-23/h3-5,12-13,16,21H,1-2,6-11H2/p+1. The van der Waals surface area contributed by atoms with Gasteiger partial charge in [-0.05, 0) is 43.9 Å². The number of aromatic nitrogens is 2. The lowest BCUT2D eigenvalue weighted by atomic mass is 10.2. The third-order valence-electron chi connectivity index (χ3n) is 5.10. The largest absolute Gasteiger partial charge is 0.483 e. The van der Waals surface area contributed by atoms with Crippen LogP contribution in [0, 0.1) is 0 Å². The summed E-state index contributed by atoms with van der Waals surface area (Å²) in [6.45, 7) is 3.81. The van der Waals surface area contributed by atoms with Crippen molar-refractivity contribution in [1.82, 2.24) is 9.78 Å². The Morgan fingerprint density at radius 3 is 2.69 bits per heavy atom. The average Bonchev–Trinajstić information content (AvgIpc) is 3.17. The number of anilines is 1. The Labute approximate surface area is 157 Å². The lowest BCUT2D eigenvalue weighted by molar-refractivity contribution is -0.655. The number of hydrogen-bond acceptors (Lipinski definition) is 4. The molecule has 138 valence electrons. The predicted octanol–water partition coefficient (Wildman–Crippen LogP) is 1.59. The van der Waals surface area contributed by atoms with Crippen molar-refractivity contribution in [2.24, 2.45) is 0 Å². The van der Waals surface area contributed by atoms with Crippen molar-refractivity contribution in [1.29, 1.82) is 0 Å². The van der Waals surface area contributed by atoms with Crippen LogP contribution in [0.5, 0.6) is 5.75 Å². The van der Waals surface area contributed by atoms with Gasteiger partial charge in [-0.1, -0.05) is 17.7 Å². The summed E-state index contributed by atoms with van der Waals surface area (Å²) in [5.41, 5.74) is 1.25. The van der Waals surface area contributed by atoms with Gasteiger partial charge >= 0.3 is 5.56 Å². The minimum absolute atomic E-state index is 0.119. The van der Waals surface area contributed by atoms with E-state index in [9.17, 15) is 4.79 Å². The fourth-order valence-corrected chi connectivity index (χ4v) is 3.91. The van der Waals surface area contributed by atoms with Gasteiger partial charge in [-0.15, -0.1) is 0 Å². The first-order chi connectivity index (χ1) is 12.7. The molecule has 2 N–H and O–H groups in total. The van der Waals surface area contributed by atoms with Crippen LogP contribution in [0.2, 0.25) is 5.02 Å². The maximum atomic E-state index is 13.2. The van der Waals surface area contributed by atoms with Crippen LogP contribution in [0.25, 0.3) is 5.69 Å². The van der Waals surface area contributed by atoms with E-state index in [1.807, 2.05) is 12.1 Å². The van der Waals surface area contributed by atoms with Crippen molar-refractivity contribution in [3.63, 3.8) is 0 Å². The minimum atomic E-state index is -0.216. The van der Waals surface area contributed by atoms with Gasteiger partial charge in [0.15, 0.2) is 0 Å². The van der Waals surface area contributed by atoms with E-state index in [-0.39, 0.29) is 11.7 Å². The van der Waals surface area contributed by atoms with Crippen LogP contribution in [0.15, 0.2) is 35.3 Å². The van der Waals surface area contributed by atoms with E-state index in [0.717, 1.165) is 57.5 Å². The molecule has 2 heterocycles. The molecule has 0 amide bonds. The Bertz CT molecular complexity index is 827. The van der Waals surface area contributed by atoms with Crippen LogP contribution >= 0.6 is 11.6 Å². The molecule has 2 aromatic rings. The molecule has 7 heteroatoms. The van der Waals surface area contributed by atoms with E-state index in [0.29, 0.717) is 16.5 Å². The minimum Gasteiger partial charge on any atom is -0.483 e. The number of nitrogens with two attached hydrogens (primary N) is 1. The van der Waals surface area contributed by atoms with Crippen LogP contribution in [-0.4, -0.2) is 42.1 Å². The molecular formula is C19H24ClN4O2+. The number of nitrogens with zero attached hydrogens (tertiary/aromatic N) is 3. The average molecular weight is 376 g/mol. The van der Waals surface area contributed by atoms with Crippen LogP contribution < -0.4 is 20.5 Å². The second-order valence-electron chi connectivity index (χ2n) is 6.93. The van der Waals surface area contributed by atoms with Gasteiger partial charge in [0.1, 0.15) is 5.69 Å². The van der Waals surface area contributed by atoms with Crippen LogP contribution in [0.1, 0.15) is 25.7 Å². The monoisotopic (exact) mass is 375 g/mol. The Hall–Kier alpha value is -2.05. The Morgan fingerprint density at radius 1 is 1.19 bits per heavy atom. The zero-order valence-electron chi connectivity index (χ0n) is 14.7. The Morgan fingerprint density at radius 2 is 1.96 bits per heavy atom. The van der Waals surface area contributed by atoms with E-state index < -0.39 is 0 Å². The lowest BCUT2D eigenvalue weighted by Crippen LogP contribution is -2.89. The first kappa shape index (κ1) is 17.4. The highest BCUT2D eigenvalue weighted by molar-refractivity contribution is 6.30. The quantitative estimate of drug-likeness (QED) is 0.881. The molecule has 0 unspecified atom stereocenters. The van der Waals surface area contributed by atoms with Crippen molar-refractivity contribution in [3.8, 4) is 11.4 Å². The third-order valence-corrected chi connectivity index (χ3v) is 5.34. The fourth-order valence-electron chi connectivity index (χ4n) is 3.72. The van der Waals surface area contributed by atoms with Gasteiger partial charge in [0.05, 0.1) is 44.2 Å². The third kappa shape index (κ3) is 3.57. The van der Waals surface area contributed by atoms with Crippen LogP contribution in [0.4, 0.5) is 5.69 Å². The molecule has 2 fully saturated rings. The molecule has 0 atom stereocenters. The maximum Gasteiger partial charge on any atom is 0.316 e. The molecule has 1 aliphatic heterocycles. The SMILES string of the molecule is O=c1c(OC2CCCC2)c(N2CC[NH2+]CC2)cnn1-c1cccc(Cl)c1. The predicted molar refractivity (Wildman–Crippen MR) is 102 cm³/mol. The first-order valence-corrected chi connectivity index (χ1v) is 9.72. The molecule has 2 aliphatic rings. The van der Waals surface area contributed by atoms with Gasteiger partial charge in [-0.2, -0.15) is 9.78 Å². The number of piperazine rings is 1. The molecule has 4 rings (SSSR count). The van der Waals surface area contributed by atoms with Crippen molar-refractivity contribution in [3.05, 3.63) is 45.8 Å². The number of halogens is 1. The summed E-state index contributed by atoms with van der Waals surface area (Å²) in [7, 11) is 0. The van der Waals surface area contributed by atoms with Crippen molar-refractivity contribution >= 4 is 17.3 Å². The van der Waals surface area contributed by atoms with Gasteiger partial charge in [0.2, 0.25) is 5.75 Å². The zero-order valence-corrected chi connectivity index (χ0v) is 15.5. The van der Waals surface area contributed by atoms with Crippen molar-refractivity contribution in [2.45, 2.75) is 31.8 Å². The van der Waals surface area contributed by atoms with Crippen molar-refractivity contribution in [2.75, 3.05) is 31.1 Å². The van der Waals surface area contributed by atoms with E-state index in [1.165, 1.54) is 4.68 Å². The molecule has 0 bridgehead atoms. The normalized spacial score (nSPS) is 18.3. The number of ether oxygens (including phenoxy) is 1. The second kappa shape index (κ2) is 7.68. The summed E-state index contributed by atoms with van der Waals surface area (Å²) in [6, 6.07) is 7.17. The Balaban J connectivity index is 1.76. The summed E-state index contributed by atoms with van der Waals surface area (Å²) >= 11 is 6.09. The zero-order chi connectivity index (χ0) is 17.9. The van der Waals surface area contributed by atoms with Crippen molar-refractivity contribution < 1.29 is 10.1 Å². The lowest BCUT2D eigenvalue weighted by Gasteiger charge is -2.29. The summed E-state index contributed by atoms with van der Waals surface area (Å²) in [6.07, 6.45) is 6.21. The molecule has 6 nitrogen and oxygen atoms in total. The van der Waals surface area contributed by atoms with Gasteiger partial charge in [-0.25, -0.2) is 0 Å². The number of rotatable bonds is 4. The fraction of sp³-hybridized carbons (Fsp3) is 0.474. The number of quaternary nitrogens is 1. The van der Waals surface area contributed by atoms with Gasteiger partial charge in [-0.3, -0.25) is 4.79 Å². The summed E-state index contributed by atoms with van der Waals surface area (Å²) < 4.78 is 7.61. The highest BCUT2D eigenvalue weighted by Crippen LogP contribution is 2.29. The number of benzene rings is 1. The molecule has 1 aliphatic carbocycles. The summed E-state index contributed by atoms with van der Waals surface area (Å²) in [5, 5.41) is 7.27. The molecule has 0 spiro atoms. The molecule has 0 radical (unpaired) electrons. The van der Waals surface area contributed by atoms with Gasteiger partial charge < -0.3 is 15.0 Å². The molecule has 1 saturated heterocycles.